The summed E-state index contributed by atoms with van der Waals surface area (Å²) in [7, 11) is 1.61. The van der Waals surface area contributed by atoms with Gasteiger partial charge in [-0.15, -0.1) is 0 Å². The number of nitrogens with zero attached hydrogens (tertiary/aromatic N) is 2. The summed E-state index contributed by atoms with van der Waals surface area (Å²) in [6.07, 6.45) is 0.636. The standard InChI is InChI=1S/C20H20ClN3O3/c1-3-24-17-9-6-14(21)12-16(17)19(25)18(23-24)20(26)22-11-10-13-4-7-15(27-2)8-5-13/h4-9,12H,3,10-11H2,1-2H3,(H,22,26). The monoisotopic (exact) mass is 385 g/mol. The van der Waals surface area contributed by atoms with Crippen LogP contribution >= 0.6 is 11.6 Å². The zero-order valence-corrected chi connectivity index (χ0v) is 15.9. The highest BCUT2D eigenvalue weighted by molar-refractivity contribution is 6.31. The van der Waals surface area contributed by atoms with Crippen molar-refractivity contribution in [3.05, 3.63) is 69.0 Å². The van der Waals surface area contributed by atoms with Crippen LogP contribution in [0.5, 0.6) is 5.75 Å². The summed E-state index contributed by atoms with van der Waals surface area (Å²) in [4.78, 5) is 25.2. The normalized spacial score (nSPS) is 10.8. The molecule has 0 aliphatic carbocycles. The highest BCUT2D eigenvalue weighted by Crippen LogP contribution is 2.16. The van der Waals surface area contributed by atoms with Crippen LogP contribution in [0.1, 0.15) is 23.0 Å². The first kappa shape index (κ1) is 18.9. The van der Waals surface area contributed by atoms with Crippen molar-refractivity contribution in [3.63, 3.8) is 0 Å². The minimum absolute atomic E-state index is 0.124. The van der Waals surface area contributed by atoms with Gasteiger partial charge in [0.2, 0.25) is 5.43 Å². The molecule has 140 valence electrons. The molecule has 3 rings (SSSR count). The molecule has 0 fully saturated rings. The first-order valence-electron chi connectivity index (χ1n) is 8.65. The predicted molar refractivity (Wildman–Crippen MR) is 106 cm³/mol. The second-order valence-corrected chi connectivity index (χ2v) is 6.45. The van der Waals surface area contributed by atoms with Crippen LogP contribution in [0.15, 0.2) is 47.3 Å². The number of fused-ring (bicyclic) bond motifs is 1. The van der Waals surface area contributed by atoms with Gasteiger partial charge < -0.3 is 10.1 Å². The molecule has 0 bridgehead atoms. The van der Waals surface area contributed by atoms with Gasteiger partial charge in [0.1, 0.15) is 5.75 Å². The molecule has 0 atom stereocenters. The van der Waals surface area contributed by atoms with Crippen LogP contribution in [0, 0.1) is 0 Å². The van der Waals surface area contributed by atoms with Crippen molar-refractivity contribution in [3.8, 4) is 5.75 Å². The Balaban J connectivity index is 1.78. The summed E-state index contributed by atoms with van der Waals surface area (Å²) < 4.78 is 6.75. The number of aromatic nitrogens is 2. The SMILES string of the molecule is CCn1nc(C(=O)NCCc2ccc(OC)cc2)c(=O)c2cc(Cl)ccc21. The number of carbonyl (C=O) groups is 1. The molecular weight excluding hydrogens is 366 g/mol. The predicted octanol–water partition coefficient (Wildman–Crippen LogP) is 3.05. The van der Waals surface area contributed by atoms with Crippen molar-refractivity contribution < 1.29 is 9.53 Å². The first-order chi connectivity index (χ1) is 13.0. The minimum Gasteiger partial charge on any atom is -0.497 e. The van der Waals surface area contributed by atoms with Crippen molar-refractivity contribution in [1.82, 2.24) is 15.1 Å². The first-order valence-corrected chi connectivity index (χ1v) is 9.02. The zero-order chi connectivity index (χ0) is 19.4. The van der Waals surface area contributed by atoms with E-state index in [9.17, 15) is 9.59 Å². The van der Waals surface area contributed by atoms with Gasteiger partial charge in [-0.2, -0.15) is 5.10 Å². The Morgan fingerprint density at radius 1 is 1.22 bits per heavy atom. The molecular formula is C20H20ClN3O3. The van der Waals surface area contributed by atoms with Gasteiger partial charge in [-0.05, 0) is 49.2 Å². The molecule has 1 heterocycles. The summed E-state index contributed by atoms with van der Waals surface area (Å²) in [6, 6.07) is 12.6. The van der Waals surface area contributed by atoms with E-state index in [2.05, 4.69) is 10.4 Å². The Morgan fingerprint density at radius 2 is 1.96 bits per heavy atom. The van der Waals surface area contributed by atoms with Crippen molar-refractivity contribution >= 4 is 28.4 Å². The Bertz CT molecular complexity index is 1030. The lowest BCUT2D eigenvalue weighted by atomic mass is 10.1. The number of ether oxygens (including phenoxy) is 1. The molecule has 0 aliphatic heterocycles. The Hall–Kier alpha value is -2.86. The molecule has 0 radical (unpaired) electrons. The van der Waals surface area contributed by atoms with Gasteiger partial charge in [-0.1, -0.05) is 23.7 Å². The number of aryl methyl sites for hydroxylation is 1. The second-order valence-electron chi connectivity index (χ2n) is 6.01. The third kappa shape index (κ3) is 4.11. The molecule has 7 heteroatoms. The van der Waals surface area contributed by atoms with Crippen molar-refractivity contribution in [2.45, 2.75) is 19.9 Å². The summed E-state index contributed by atoms with van der Waals surface area (Å²) in [5, 5.41) is 7.83. The molecule has 0 saturated heterocycles. The molecule has 0 aliphatic rings. The van der Waals surface area contributed by atoms with Gasteiger partial charge >= 0.3 is 0 Å². The maximum Gasteiger partial charge on any atom is 0.275 e. The lowest BCUT2D eigenvalue weighted by Crippen LogP contribution is -2.33. The van der Waals surface area contributed by atoms with Crippen molar-refractivity contribution in [2.75, 3.05) is 13.7 Å². The number of nitrogens with one attached hydrogen (secondary N) is 1. The lowest BCUT2D eigenvalue weighted by Gasteiger charge is -2.11. The fourth-order valence-corrected chi connectivity index (χ4v) is 3.02. The van der Waals surface area contributed by atoms with Crippen LogP contribution in [0.4, 0.5) is 0 Å². The fraction of sp³-hybridized carbons (Fsp3) is 0.250. The van der Waals surface area contributed by atoms with E-state index in [1.165, 1.54) is 0 Å². The molecule has 1 aromatic heterocycles. The highest BCUT2D eigenvalue weighted by Gasteiger charge is 2.17. The van der Waals surface area contributed by atoms with Crippen molar-refractivity contribution in [2.24, 2.45) is 0 Å². The summed E-state index contributed by atoms with van der Waals surface area (Å²) in [6.45, 7) is 2.83. The maximum absolute atomic E-state index is 12.7. The Morgan fingerprint density at radius 3 is 2.63 bits per heavy atom. The maximum atomic E-state index is 12.7. The molecule has 2 aromatic carbocycles. The molecule has 1 N–H and O–H groups in total. The average molecular weight is 386 g/mol. The number of benzene rings is 2. The second kappa shape index (κ2) is 8.22. The molecule has 6 nitrogen and oxygen atoms in total. The number of amides is 1. The summed E-state index contributed by atoms with van der Waals surface area (Å²) >= 11 is 6.01. The summed E-state index contributed by atoms with van der Waals surface area (Å²) in [5.74, 6) is 0.291. The van der Waals surface area contributed by atoms with Gasteiger partial charge in [-0.25, -0.2) is 0 Å². The van der Waals surface area contributed by atoms with E-state index < -0.39 is 11.3 Å². The molecule has 3 aromatic rings. The van der Waals surface area contributed by atoms with E-state index in [1.54, 1.807) is 30.0 Å². The van der Waals surface area contributed by atoms with E-state index >= 15 is 0 Å². The molecule has 1 amide bonds. The third-order valence-corrected chi connectivity index (χ3v) is 4.53. The molecule has 0 saturated carbocycles. The van der Waals surface area contributed by atoms with Crippen molar-refractivity contribution in [1.29, 1.82) is 0 Å². The molecule has 27 heavy (non-hydrogen) atoms. The van der Waals surface area contributed by atoms with E-state index in [1.807, 2.05) is 31.2 Å². The Kier molecular flexibility index (Phi) is 5.76. The van der Waals surface area contributed by atoms with Gasteiger partial charge in [0, 0.05) is 18.1 Å². The van der Waals surface area contributed by atoms with E-state index in [-0.39, 0.29) is 5.69 Å². The largest absolute Gasteiger partial charge is 0.497 e. The van der Waals surface area contributed by atoms with Gasteiger partial charge in [0.05, 0.1) is 18.0 Å². The lowest BCUT2D eigenvalue weighted by molar-refractivity contribution is 0.0946. The molecule has 0 unspecified atom stereocenters. The van der Waals surface area contributed by atoms with Crippen LogP contribution in [0.25, 0.3) is 10.9 Å². The van der Waals surface area contributed by atoms with Crippen LogP contribution in [0.2, 0.25) is 5.02 Å². The van der Waals surface area contributed by atoms with Crippen LogP contribution in [-0.4, -0.2) is 29.3 Å². The van der Waals surface area contributed by atoms with Gasteiger partial charge in [-0.3, -0.25) is 14.3 Å². The minimum atomic E-state index is -0.488. The number of halogens is 1. The number of carbonyl (C=O) groups excluding carboxylic acids is 1. The van der Waals surface area contributed by atoms with Crippen LogP contribution in [0.3, 0.4) is 0 Å². The smallest absolute Gasteiger partial charge is 0.275 e. The van der Waals surface area contributed by atoms with E-state index in [4.69, 9.17) is 16.3 Å². The summed E-state index contributed by atoms with van der Waals surface area (Å²) in [5.41, 5.74) is 1.17. The van der Waals surface area contributed by atoms with E-state index in [0.717, 1.165) is 11.3 Å². The zero-order valence-electron chi connectivity index (χ0n) is 15.2. The fourth-order valence-electron chi connectivity index (χ4n) is 2.85. The molecule has 0 spiro atoms. The number of rotatable bonds is 6. The van der Waals surface area contributed by atoms with Gasteiger partial charge in [0.25, 0.3) is 5.91 Å². The third-order valence-electron chi connectivity index (χ3n) is 4.29. The highest BCUT2D eigenvalue weighted by atomic mass is 35.5. The van der Waals surface area contributed by atoms with Crippen LogP contribution < -0.4 is 15.5 Å². The quantitative estimate of drug-likeness (QED) is 0.707. The number of hydrogen-bond acceptors (Lipinski definition) is 4. The number of methoxy groups -OCH3 is 1. The van der Waals surface area contributed by atoms with E-state index in [0.29, 0.717) is 35.4 Å². The van der Waals surface area contributed by atoms with Gasteiger partial charge in [0.15, 0.2) is 5.69 Å². The Labute approximate surface area is 161 Å². The topological polar surface area (TPSA) is 73.2 Å². The average Bonchev–Trinajstić information content (AvgIpc) is 2.69. The number of hydrogen-bond donors (Lipinski definition) is 1. The van der Waals surface area contributed by atoms with Crippen LogP contribution in [-0.2, 0) is 13.0 Å².